The third kappa shape index (κ3) is 3.41. The van der Waals surface area contributed by atoms with Crippen LogP contribution in [0, 0.1) is 0 Å². The van der Waals surface area contributed by atoms with E-state index < -0.39 is 10.0 Å². The van der Waals surface area contributed by atoms with Gasteiger partial charge >= 0.3 is 0 Å². The van der Waals surface area contributed by atoms with Gasteiger partial charge in [-0.15, -0.1) is 22.9 Å². The normalized spacial score (nSPS) is 12.2. The maximum atomic E-state index is 12.6. The van der Waals surface area contributed by atoms with Crippen molar-refractivity contribution in [3.05, 3.63) is 34.8 Å². The Bertz CT molecular complexity index is 637. The minimum atomic E-state index is -3.51. The first-order chi connectivity index (χ1) is 9.57. The molecule has 0 aliphatic heterocycles. The largest absolute Gasteiger partial charge is 0.270 e. The molecule has 2 heterocycles. The highest BCUT2D eigenvalue weighted by Gasteiger charge is 2.25. The molecule has 0 saturated carbocycles. The predicted molar refractivity (Wildman–Crippen MR) is 80.5 cm³/mol. The van der Waals surface area contributed by atoms with Gasteiger partial charge in [-0.05, 0) is 11.4 Å². The van der Waals surface area contributed by atoms with Gasteiger partial charge in [0.2, 0.25) is 10.0 Å². The molecular formula is C12H16ClN3O2S2. The van der Waals surface area contributed by atoms with E-state index in [2.05, 4.69) is 5.10 Å². The number of rotatable bonds is 7. The predicted octanol–water partition coefficient (Wildman–Crippen LogP) is 2.39. The molecule has 0 radical (unpaired) electrons. The third-order valence-corrected chi connectivity index (χ3v) is 5.73. The van der Waals surface area contributed by atoms with Crippen LogP contribution in [0.1, 0.15) is 11.8 Å². The van der Waals surface area contributed by atoms with Crippen molar-refractivity contribution in [1.29, 1.82) is 0 Å². The molecule has 0 bridgehead atoms. The summed E-state index contributed by atoms with van der Waals surface area (Å²) < 4.78 is 28.1. The van der Waals surface area contributed by atoms with Gasteiger partial charge in [0.15, 0.2) is 0 Å². The van der Waals surface area contributed by atoms with Gasteiger partial charge in [-0.25, -0.2) is 8.42 Å². The Morgan fingerprint density at radius 3 is 2.90 bits per heavy atom. The van der Waals surface area contributed by atoms with Crippen molar-refractivity contribution in [2.45, 2.75) is 24.9 Å². The number of hydrogen-bond donors (Lipinski definition) is 0. The van der Waals surface area contributed by atoms with Crippen LogP contribution in [-0.4, -0.2) is 34.9 Å². The number of halogens is 1. The fourth-order valence-corrected chi connectivity index (χ4v) is 4.14. The summed E-state index contributed by atoms with van der Waals surface area (Å²) in [4.78, 5) is 1.23. The van der Waals surface area contributed by atoms with Crippen molar-refractivity contribution >= 4 is 33.0 Å². The Labute approximate surface area is 127 Å². The van der Waals surface area contributed by atoms with Gasteiger partial charge in [0.1, 0.15) is 4.90 Å². The molecule has 0 aromatic carbocycles. The second-order valence-corrected chi connectivity index (χ2v) is 7.49. The monoisotopic (exact) mass is 333 g/mol. The Hall–Kier alpha value is -0.890. The van der Waals surface area contributed by atoms with Crippen LogP contribution in [0.5, 0.6) is 0 Å². The SMILES string of the molecule is CCN(Cc1cccs1)S(=O)(=O)c1cnn(CCCl)c1. The van der Waals surface area contributed by atoms with Crippen LogP contribution >= 0.6 is 22.9 Å². The molecule has 110 valence electrons. The van der Waals surface area contributed by atoms with E-state index in [1.54, 1.807) is 16.0 Å². The number of thiophene rings is 1. The van der Waals surface area contributed by atoms with Crippen LogP contribution in [0.4, 0.5) is 0 Å². The number of alkyl halides is 1. The van der Waals surface area contributed by atoms with Crippen LogP contribution in [0.2, 0.25) is 0 Å². The van der Waals surface area contributed by atoms with Crippen molar-refractivity contribution in [3.8, 4) is 0 Å². The molecule has 2 rings (SSSR count). The smallest absolute Gasteiger partial charge is 0.246 e. The Kier molecular flexibility index (Phi) is 5.20. The lowest BCUT2D eigenvalue weighted by molar-refractivity contribution is 0.426. The van der Waals surface area contributed by atoms with Crippen molar-refractivity contribution in [3.63, 3.8) is 0 Å². The maximum absolute atomic E-state index is 12.6. The zero-order chi connectivity index (χ0) is 14.6. The van der Waals surface area contributed by atoms with E-state index in [1.807, 2.05) is 24.4 Å². The van der Waals surface area contributed by atoms with E-state index in [4.69, 9.17) is 11.6 Å². The lowest BCUT2D eigenvalue weighted by Crippen LogP contribution is -2.29. The van der Waals surface area contributed by atoms with Gasteiger partial charge in [0, 0.05) is 30.0 Å². The number of hydrogen-bond acceptors (Lipinski definition) is 4. The highest BCUT2D eigenvalue weighted by Crippen LogP contribution is 2.19. The molecule has 2 aromatic rings. The van der Waals surface area contributed by atoms with E-state index in [0.29, 0.717) is 25.5 Å². The van der Waals surface area contributed by atoms with E-state index in [1.165, 1.54) is 16.7 Å². The molecule has 0 amide bonds. The first-order valence-electron chi connectivity index (χ1n) is 6.19. The Morgan fingerprint density at radius 2 is 2.30 bits per heavy atom. The second-order valence-electron chi connectivity index (χ2n) is 4.14. The molecule has 0 unspecified atom stereocenters. The molecule has 5 nitrogen and oxygen atoms in total. The third-order valence-electron chi connectivity index (χ3n) is 2.83. The van der Waals surface area contributed by atoms with Crippen LogP contribution < -0.4 is 0 Å². The van der Waals surface area contributed by atoms with Gasteiger partial charge in [0.25, 0.3) is 0 Å². The number of aromatic nitrogens is 2. The van der Waals surface area contributed by atoms with Crippen molar-refractivity contribution in [2.75, 3.05) is 12.4 Å². The molecule has 0 aliphatic carbocycles. The summed E-state index contributed by atoms with van der Waals surface area (Å²) in [5.74, 6) is 0.397. The number of aryl methyl sites for hydroxylation is 1. The number of nitrogens with zero attached hydrogens (tertiary/aromatic N) is 3. The molecule has 2 aromatic heterocycles. The summed E-state index contributed by atoms with van der Waals surface area (Å²) in [6.07, 6.45) is 2.90. The van der Waals surface area contributed by atoms with Gasteiger partial charge in [-0.2, -0.15) is 9.40 Å². The lowest BCUT2D eigenvalue weighted by Gasteiger charge is -2.18. The molecule has 0 atom stereocenters. The first-order valence-corrected chi connectivity index (χ1v) is 9.04. The fraction of sp³-hybridized carbons (Fsp3) is 0.417. The van der Waals surface area contributed by atoms with Crippen molar-refractivity contribution < 1.29 is 8.42 Å². The highest BCUT2D eigenvalue weighted by atomic mass is 35.5. The molecule has 0 saturated heterocycles. The minimum absolute atomic E-state index is 0.209. The van der Waals surface area contributed by atoms with Gasteiger partial charge in [-0.3, -0.25) is 4.68 Å². The lowest BCUT2D eigenvalue weighted by atomic mass is 10.4. The van der Waals surface area contributed by atoms with Crippen LogP contribution in [0.15, 0.2) is 34.8 Å². The second kappa shape index (κ2) is 6.71. The summed E-state index contributed by atoms with van der Waals surface area (Å²) in [6.45, 7) is 3.13. The van der Waals surface area contributed by atoms with E-state index >= 15 is 0 Å². The van der Waals surface area contributed by atoms with Crippen LogP contribution in [-0.2, 0) is 23.1 Å². The zero-order valence-corrected chi connectivity index (χ0v) is 13.5. The van der Waals surface area contributed by atoms with Gasteiger partial charge in [0.05, 0.1) is 12.7 Å². The summed E-state index contributed by atoms with van der Waals surface area (Å²) in [5.41, 5.74) is 0. The fourth-order valence-electron chi connectivity index (χ4n) is 1.78. The maximum Gasteiger partial charge on any atom is 0.246 e. The van der Waals surface area contributed by atoms with Crippen molar-refractivity contribution in [1.82, 2.24) is 14.1 Å². The van der Waals surface area contributed by atoms with Crippen LogP contribution in [0.25, 0.3) is 0 Å². The Morgan fingerprint density at radius 1 is 1.50 bits per heavy atom. The number of sulfonamides is 1. The Balaban J connectivity index is 2.21. The minimum Gasteiger partial charge on any atom is -0.270 e. The summed E-state index contributed by atoms with van der Waals surface area (Å²) >= 11 is 7.17. The highest BCUT2D eigenvalue weighted by molar-refractivity contribution is 7.89. The summed E-state index contributed by atoms with van der Waals surface area (Å²) in [5, 5.41) is 5.95. The topological polar surface area (TPSA) is 55.2 Å². The zero-order valence-electron chi connectivity index (χ0n) is 11.1. The van der Waals surface area contributed by atoms with E-state index in [9.17, 15) is 8.42 Å². The summed E-state index contributed by atoms with van der Waals surface area (Å²) in [7, 11) is -3.51. The summed E-state index contributed by atoms with van der Waals surface area (Å²) in [6, 6.07) is 3.85. The van der Waals surface area contributed by atoms with E-state index in [-0.39, 0.29) is 4.90 Å². The average Bonchev–Trinajstić information content (AvgIpc) is 3.07. The molecule has 0 spiro atoms. The van der Waals surface area contributed by atoms with Gasteiger partial charge in [-0.1, -0.05) is 13.0 Å². The van der Waals surface area contributed by atoms with E-state index in [0.717, 1.165) is 4.88 Å². The van der Waals surface area contributed by atoms with Crippen molar-refractivity contribution in [2.24, 2.45) is 0 Å². The molecule has 0 aliphatic rings. The molecular weight excluding hydrogens is 318 g/mol. The molecule has 0 fully saturated rings. The van der Waals surface area contributed by atoms with Gasteiger partial charge < -0.3 is 0 Å². The van der Waals surface area contributed by atoms with Crippen LogP contribution in [0.3, 0.4) is 0 Å². The first kappa shape index (κ1) is 15.5. The molecule has 8 heteroatoms. The standard InChI is InChI=1S/C12H16ClN3O2S2/c1-2-16(9-11-4-3-7-19-11)20(17,18)12-8-14-15(10-12)6-5-13/h3-4,7-8,10H,2,5-6,9H2,1H3. The molecule has 0 N–H and O–H groups in total. The average molecular weight is 334 g/mol. The molecule has 20 heavy (non-hydrogen) atoms. The quantitative estimate of drug-likeness (QED) is 0.731.